The number of nitrogens with one attached hydrogen (secondary N) is 1. The van der Waals surface area contributed by atoms with E-state index in [1.54, 1.807) is 7.11 Å². The molecule has 0 bridgehead atoms. The molecule has 1 fully saturated rings. The zero-order valence-corrected chi connectivity index (χ0v) is 14.0. The molecule has 0 unspecified atom stereocenters. The average molecular weight is 331 g/mol. The Bertz CT molecular complexity index is 768. The van der Waals surface area contributed by atoms with Crippen LogP contribution >= 0.6 is 0 Å². The van der Waals surface area contributed by atoms with E-state index in [0.717, 1.165) is 29.7 Å². The van der Waals surface area contributed by atoms with Gasteiger partial charge in [-0.15, -0.1) is 0 Å². The quantitative estimate of drug-likeness (QED) is 0.849. The summed E-state index contributed by atoms with van der Waals surface area (Å²) in [6.07, 6.45) is 1.95. The summed E-state index contributed by atoms with van der Waals surface area (Å²) in [4.78, 5) is 0. The lowest BCUT2D eigenvalue weighted by atomic mass is 9.95. The normalized spacial score (nSPS) is 16.0. The summed E-state index contributed by atoms with van der Waals surface area (Å²) >= 11 is 0. The molecule has 122 valence electrons. The fourth-order valence-corrected chi connectivity index (χ4v) is 4.10. The molecule has 0 aliphatic heterocycles. The van der Waals surface area contributed by atoms with E-state index in [9.17, 15) is 8.42 Å². The average Bonchev–Trinajstić information content (AvgIpc) is 3.35. The molecule has 5 heteroatoms. The van der Waals surface area contributed by atoms with Crippen molar-refractivity contribution in [2.75, 3.05) is 13.7 Å². The van der Waals surface area contributed by atoms with Gasteiger partial charge in [0.05, 0.1) is 12.9 Å². The van der Waals surface area contributed by atoms with Crippen molar-refractivity contribution in [1.29, 1.82) is 0 Å². The summed E-state index contributed by atoms with van der Waals surface area (Å²) in [5.41, 5.74) is 1.75. The van der Waals surface area contributed by atoms with Gasteiger partial charge in [-0.05, 0) is 24.5 Å². The Labute approximate surface area is 137 Å². The Hall–Kier alpha value is -1.85. The molecule has 2 aromatic rings. The van der Waals surface area contributed by atoms with Gasteiger partial charge in [-0.3, -0.25) is 0 Å². The maximum atomic E-state index is 12.3. The van der Waals surface area contributed by atoms with Crippen LogP contribution in [0.25, 0.3) is 0 Å². The van der Waals surface area contributed by atoms with E-state index in [1.807, 2.05) is 54.6 Å². The topological polar surface area (TPSA) is 55.4 Å². The molecule has 0 amide bonds. The van der Waals surface area contributed by atoms with Crippen LogP contribution in [0, 0.1) is 0 Å². The molecule has 3 rings (SSSR count). The van der Waals surface area contributed by atoms with Crippen LogP contribution in [0.2, 0.25) is 0 Å². The lowest BCUT2D eigenvalue weighted by Crippen LogP contribution is -2.33. The molecule has 0 spiro atoms. The molecule has 23 heavy (non-hydrogen) atoms. The van der Waals surface area contributed by atoms with E-state index in [2.05, 4.69) is 4.72 Å². The van der Waals surface area contributed by atoms with Crippen LogP contribution in [-0.4, -0.2) is 22.1 Å². The Morgan fingerprint density at radius 3 is 2.35 bits per heavy atom. The molecular weight excluding hydrogens is 310 g/mol. The zero-order valence-electron chi connectivity index (χ0n) is 13.2. The van der Waals surface area contributed by atoms with E-state index in [-0.39, 0.29) is 11.2 Å². The Kier molecular flexibility index (Phi) is 4.41. The standard InChI is InChI=1S/C18H21NO3S/c1-22-17-10-6-5-9-16(17)18(11-12-18)14-19-23(20,21)13-15-7-3-2-4-8-15/h2-10,19H,11-14H2,1H3. The summed E-state index contributed by atoms with van der Waals surface area (Å²) in [6.45, 7) is 0.419. The fraction of sp³-hybridized carbons (Fsp3) is 0.333. The number of benzene rings is 2. The Morgan fingerprint density at radius 2 is 1.70 bits per heavy atom. The van der Waals surface area contributed by atoms with E-state index in [4.69, 9.17) is 4.74 Å². The van der Waals surface area contributed by atoms with Gasteiger partial charge in [0.1, 0.15) is 5.75 Å². The van der Waals surface area contributed by atoms with Crippen LogP contribution in [0.4, 0.5) is 0 Å². The van der Waals surface area contributed by atoms with Gasteiger partial charge in [0.15, 0.2) is 0 Å². The molecule has 1 N–H and O–H groups in total. The molecule has 0 saturated heterocycles. The minimum absolute atomic E-state index is 0.00977. The van der Waals surface area contributed by atoms with E-state index < -0.39 is 10.0 Å². The SMILES string of the molecule is COc1ccccc1C1(CNS(=O)(=O)Cc2ccccc2)CC1. The van der Waals surface area contributed by atoms with Crippen LogP contribution in [0.1, 0.15) is 24.0 Å². The monoisotopic (exact) mass is 331 g/mol. The van der Waals surface area contributed by atoms with Crippen molar-refractivity contribution in [3.05, 3.63) is 65.7 Å². The highest BCUT2D eigenvalue weighted by Gasteiger charge is 2.46. The van der Waals surface area contributed by atoms with Crippen molar-refractivity contribution in [3.63, 3.8) is 0 Å². The van der Waals surface area contributed by atoms with Gasteiger partial charge in [-0.1, -0.05) is 48.5 Å². The molecule has 0 heterocycles. The molecule has 2 aromatic carbocycles. The van der Waals surface area contributed by atoms with Gasteiger partial charge in [-0.25, -0.2) is 13.1 Å². The summed E-state index contributed by atoms with van der Waals surface area (Å²) in [5, 5.41) is 0. The number of para-hydroxylation sites is 1. The first-order valence-electron chi connectivity index (χ1n) is 7.69. The summed E-state index contributed by atoms with van der Waals surface area (Å²) < 4.78 is 32.8. The molecule has 0 atom stereocenters. The van der Waals surface area contributed by atoms with Crippen molar-refractivity contribution in [3.8, 4) is 5.75 Å². The van der Waals surface area contributed by atoms with Crippen molar-refractivity contribution in [1.82, 2.24) is 4.72 Å². The number of methoxy groups -OCH3 is 1. The first kappa shape index (κ1) is 16.0. The van der Waals surface area contributed by atoms with Gasteiger partial charge < -0.3 is 4.74 Å². The lowest BCUT2D eigenvalue weighted by Gasteiger charge is -2.19. The highest BCUT2D eigenvalue weighted by Crippen LogP contribution is 2.50. The van der Waals surface area contributed by atoms with E-state index >= 15 is 0 Å². The maximum absolute atomic E-state index is 12.3. The number of hydrogen-bond acceptors (Lipinski definition) is 3. The third-order valence-electron chi connectivity index (χ3n) is 4.36. The van der Waals surface area contributed by atoms with Crippen molar-refractivity contribution in [2.45, 2.75) is 24.0 Å². The molecule has 0 aromatic heterocycles. The molecule has 1 aliphatic rings. The fourth-order valence-electron chi connectivity index (χ4n) is 2.87. The van der Waals surface area contributed by atoms with Crippen LogP contribution in [-0.2, 0) is 21.2 Å². The van der Waals surface area contributed by atoms with Crippen LogP contribution in [0.5, 0.6) is 5.75 Å². The molecule has 4 nitrogen and oxygen atoms in total. The number of sulfonamides is 1. The number of ether oxygens (including phenoxy) is 1. The Balaban J connectivity index is 1.70. The predicted molar refractivity (Wildman–Crippen MR) is 91.0 cm³/mol. The molecule has 1 aliphatic carbocycles. The summed E-state index contributed by atoms with van der Waals surface area (Å²) in [6, 6.07) is 17.1. The van der Waals surface area contributed by atoms with Gasteiger partial charge in [0.2, 0.25) is 10.0 Å². The number of rotatable bonds is 7. The second-order valence-corrected chi connectivity index (χ2v) is 7.85. The van der Waals surface area contributed by atoms with Gasteiger partial charge >= 0.3 is 0 Å². The lowest BCUT2D eigenvalue weighted by molar-refractivity contribution is 0.403. The van der Waals surface area contributed by atoms with Gasteiger partial charge in [-0.2, -0.15) is 0 Å². The molecular formula is C18H21NO3S. The van der Waals surface area contributed by atoms with E-state index in [0.29, 0.717) is 6.54 Å². The smallest absolute Gasteiger partial charge is 0.215 e. The minimum atomic E-state index is -3.35. The van der Waals surface area contributed by atoms with Gasteiger partial charge in [0.25, 0.3) is 0 Å². The van der Waals surface area contributed by atoms with Crippen molar-refractivity contribution < 1.29 is 13.2 Å². The van der Waals surface area contributed by atoms with E-state index in [1.165, 1.54) is 0 Å². The van der Waals surface area contributed by atoms with Gasteiger partial charge in [0, 0.05) is 17.5 Å². The predicted octanol–water partition coefficient (Wildman–Crippen LogP) is 2.85. The molecule has 0 radical (unpaired) electrons. The first-order chi connectivity index (χ1) is 11.0. The zero-order chi connectivity index (χ0) is 16.3. The van der Waals surface area contributed by atoms with Crippen LogP contribution in [0.3, 0.4) is 0 Å². The second kappa shape index (κ2) is 6.34. The van der Waals surface area contributed by atoms with Crippen molar-refractivity contribution in [2.24, 2.45) is 0 Å². The second-order valence-electron chi connectivity index (χ2n) is 6.05. The number of hydrogen-bond donors (Lipinski definition) is 1. The highest BCUT2D eigenvalue weighted by molar-refractivity contribution is 7.88. The minimum Gasteiger partial charge on any atom is -0.496 e. The van der Waals surface area contributed by atoms with Crippen LogP contribution < -0.4 is 9.46 Å². The first-order valence-corrected chi connectivity index (χ1v) is 9.35. The third-order valence-corrected chi connectivity index (χ3v) is 5.66. The van der Waals surface area contributed by atoms with Crippen molar-refractivity contribution >= 4 is 10.0 Å². The van der Waals surface area contributed by atoms with Crippen LogP contribution in [0.15, 0.2) is 54.6 Å². The molecule has 1 saturated carbocycles. The summed E-state index contributed by atoms with van der Waals surface area (Å²) in [5.74, 6) is 0.836. The Morgan fingerprint density at radius 1 is 1.04 bits per heavy atom. The maximum Gasteiger partial charge on any atom is 0.215 e. The highest BCUT2D eigenvalue weighted by atomic mass is 32.2. The third kappa shape index (κ3) is 3.74. The largest absolute Gasteiger partial charge is 0.496 e. The summed E-state index contributed by atoms with van der Waals surface area (Å²) in [7, 11) is -1.70.